The minimum Gasteiger partial charge on any atom is -0.465 e. The van der Waals surface area contributed by atoms with Crippen LogP contribution in [0.15, 0.2) is 12.7 Å². The summed E-state index contributed by atoms with van der Waals surface area (Å²) in [4.78, 5) is 24.3. The van der Waals surface area contributed by atoms with Gasteiger partial charge in [-0.3, -0.25) is 9.69 Å². The minimum atomic E-state index is -0.981. The van der Waals surface area contributed by atoms with E-state index in [-0.39, 0.29) is 17.9 Å². The Labute approximate surface area is 108 Å². The van der Waals surface area contributed by atoms with Gasteiger partial charge in [0, 0.05) is 18.0 Å². The van der Waals surface area contributed by atoms with Gasteiger partial charge in [-0.1, -0.05) is 6.08 Å². The fraction of sp³-hybridized carbons (Fsp3) is 0.692. The number of rotatable bonds is 4. The normalized spacial score (nSPS) is 21.3. The molecule has 102 valence electrons. The quantitative estimate of drug-likeness (QED) is 0.752. The lowest BCUT2D eigenvalue weighted by Crippen LogP contribution is -2.51. The van der Waals surface area contributed by atoms with Crippen molar-refractivity contribution in [1.29, 1.82) is 0 Å². The first-order chi connectivity index (χ1) is 8.27. The average Bonchev–Trinajstić information content (AvgIpc) is 2.60. The Morgan fingerprint density at radius 1 is 1.67 bits per heavy atom. The highest BCUT2D eigenvalue weighted by molar-refractivity contribution is 5.80. The van der Waals surface area contributed by atoms with Gasteiger partial charge < -0.3 is 10.4 Å². The summed E-state index contributed by atoms with van der Waals surface area (Å²) in [6, 6.07) is -0.337. The Hall–Kier alpha value is -1.52. The number of nitrogens with one attached hydrogen (secondary N) is 1. The molecule has 1 aliphatic heterocycles. The van der Waals surface area contributed by atoms with E-state index >= 15 is 0 Å². The van der Waals surface area contributed by atoms with Crippen molar-refractivity contribution in [2.45, 2.75) is 45.2 Å². The Bertz CT molecular complexity index is 347. The standard InChI is InChI=1S/C13H22N2O3/c1-5-10(8-9-6-7-14-11(9)16)15(12(17)18)13(2,3)4/h5,9-10H,1,6-8H2,2-4H3,(H,14,16)(H,17,18)/t9-,10+/m0/s1. The van der Waals surface area contributed by atoms with Crippen molar-refractivity contribution in [3.63, 3.8) is 0 Å². The average molecular weight is 254 g/mol. The number of carbonyl (C=O) groups is 2. The van der Waals surface area contributed by atoms with E-state index in [1.54, 1.807) is 6.08 Å². The summed E-state index contributed by atoms with van der Waals surface area (Å²) in [6.45, 7) is 9.90. The van der Waals surface area contributed by atoms with Crippen molar-refractivity contribution < 1.29 is 14.7 Å². The van der Waals surface area contributed by atoms with E-state index in [4.69, 9.17) is 0 Å². The van der Waals surface area contributed by atoms with Crippen LogP contribution in [-0.2, 0) is 4.79 Å². The van der Waals surface area contributed by atoms with Gasteiger partial charge in [0.05, 0.1) is 6.04 Å². The SMILES string of the molecule is C=C[C@H](C[C@@H]1CCNC1=O)N(C(=O)O)C(C)(C)C. The Balaban J connectivity index is 2.83. The lowest BCUT2D eigenvalue weighted by Gasteiger charge is -2.39. The van der Waals surface area contributed by atoms with Crippen molar-refractivity contribution in [3.05, 3.63) is 12.7 Å². The van der Waals surface area contributed by atoms with Gasteiger partial charge in [-0.15, -0.1) is 6.58 Å². The summed E-state index contributed by atoms with van der Waals surface area (Å²) in [6.07, 6.45) is 1.90. The molecule has 2 amide bonds. The predicted octanol–water partition coefficient (Wildman–Crippen LogP) is 1.85. The molecule has 0 aromatic rings. The minimum absolute atomic E-state index is 0.0149. The molecule has 0 bridgehead atoms. The monoisotopic (exact) mass is 254 g/mol. The van der Waals surface area contributed by atoms with E-state index in [1.165, 1.54) is 4.90 Å². The molecule has 2 atom stereocenters. The third-order valence-corrected chi connectivity index (χ3v) is 3.22. The maximum atomic E-state index is 11.6. The second-order valence-electron chi connectivity index (χ2n) is 5.64. The molecule has 1 fully saturated rings. The van der Waals surface area contributed by atoms with E-state index < -0.39 is 11.6 Å². The van der Waals surface area contributed by atoms with Gasteiger partial charge in [0.15, 0.2) is 0 Å². The summed E-state index contributed by atoms with van der Waals surface area (Å²) >= 11 is 0. The fourth-order valence-corrected chi connectivity index (χ4v) is 2.39. The van der Waals surface area contributed by atoms with Gasteiger partial charge >= 0.3 is 6.09 Å². The van der Waals surface area contributed by atoms with Gasteiger partial charge in [0.25, 0.3) is 0 Å². The molecule has 1 saturated heterocycles. The van der Waals surface area contributed by atoms with Gasteiger partial charge in [-0.25, -0.2) is 4.79 Å². The first-order valence-electron chi connectivity index (χ1n) is 6.20. The van der Waals surface area contributed by atoms with Crippen LogP contribution in [0.1, 0.15) is 33.6 Å². The lowest BCUT2D eigenvalue weighted by molar-refractivity contribution is -0.123. The van der Waals surface area contributed by atoms with Crippen molar-refractivity contribution >= 4 is 12.0 Å². The third-order valence-electron chi connectivity index (χ3n) is 3.22. The molecule has 2 N–H and O–H groups in total. The number of hydrogen-bond acceptors (Lipinski definition) is 2. The van der Waals surface area contributed by atoms with Crippen LogP contribution in [0, 0.1) is 5.92 Å². The van der Waals surface area contributed by atoms with Gasteiger partial charge in [0.1, 0.15) is 0 Å². The summed E-state index contributed by atoms with van der Waals surface area (Å²) in [7, 11) is 0. The molecule has 0 aliphatic carbocycles. The first kappa shape index (κ1) is 14.5. The molecule has 0 unspecified atom stereocenters. The topological polar surface area (TPSA) is 69.6 Å². The van der Waals surface area contributed by atoms with E-state index in [0.29, 0.717) is 13.0 Å². The van der Waals surface area contributed by atoms with Crippen LogP contribution in [0.3, 0.4) is 0 Å². The van der Waals surface area contributed by atoms with Crippen LogP contribution in [0.25, 0.3) is 0 Å². The number of carboxylic acid groups (broad SMARTS) is 1. The molecule has 5 heteroatoms. The molecule has 0 aromatic heterocycles. The smallest absolute Gasteiger partial charge is 0.408 e. The molecular weight excluding hydrogens is 232 g/mol. The summed E-state index contributed by atoms with van der Waals surface area (Å²) in [5, 5.41) is 12.1. The highest BCUT2D eigenvalue weighted by atomic mass is 16.4. The van der Waals surface area contributed by atoms with E-state index in [9.17, 15) is 14.7 Å². The van der Waals surface area contributed by atoms with E-state index in [0.717, 1.165) is 6.42 Å². The number of nitrogens with zero attached hydrogens (tertiary/aromatic N) is 1. The zero-order chi connectivity index (χ0) is 13.9. The molecule has 0 aromatic carbocycles. The van der Waals surface area contributed by atoms with Crippen LogP contribution in [0.2, 0.25) is 0 Å². The summed E-state index contributed by atoms with van der Waals surface area (Å²) < 4.78 is 0. The Morgan fingerprint density at radius 2 is 2.28 bits per heavy atom. The maximum Gasteiger partial charge on any atom is 0.408 e. The molecule has 0 spiro atoms. The highest BCUT2D eigenvalue weighted by Gasteiger charge is 2.35. The third kappa shape index (κ3) is 3.24. The summed E-state index contributed by atoms with van der Waals surface area (Å²) in [5.41, 5.74) is -0.514. The zero-order valence-electron chi connectivity index (χ0n) is 11.3. The number of hydrogen-bond donors (Lipinski definition) is 2. The van der Waals surface area contributed by atoms with E-state index in [2.05, 4.69) is 11.9 Å². The Morgan fingerprint density at radius 3 is 2.61 bits per heavy atom. The Kier molecular flexibility index (Phi) is 4.38. The van der Waals surface area contributed by atoms with Crippen LogP contribution < -0.4 is 5.32 Å². The van der Waals surface area contributed by atoms with Gasteiger partial charge in [0.2, 0.25) is 5.91 Å². The van der Waals surface area contributed by atoms with Gasteiger partial charge in [-0.2, -0.15) is 0 Å². The first-order valence-corrected chi connectivity index (χ1v) is 6.20. The number of amides is 2. The maximum absolute atomic E-state index is 11.6. The molecule has 1 aliphatic rings. The second-order valence-corrected chi connectivity index (χ2v) is 5.64. The highest BCUT2D eigenvalue weighted by Crippen LogP contribution is 2.25. The molecule has 1 rings (SSSR count). The van der Waals surface area contributed by atoms with Crippen molar-refractivity contribution in [2.75, 3.05) is 6.54 Å². The van der Waals surface area contributed by atoms with Crippen molar-refractivity contribution in [2.24, 2.45) is 5.92 Å². The van der Waals surface area contributed by atoms with Gasteiger partial charge in [-0.05, 0) is 33.6 Å². The van der Waals surface area contributed by atoms with Crippen LogP contribution >= 0.6 is 0 Å². The zero-order valence-corrected chi connectivity index (χ0v) is 11.3. The molecule has 5 nitrogen and oxygen atoms in total. The largest absolute Gasteiger partial charge is 0.465 e. The molecule has 0 radical (unpaired) electrons. The fourth-order valence-electron chi connectivity index (χ4n) is 2.39. The second kappa shape index (κ2) is 5.42. The lowest BCUT2D eigenvalue weighted by atomic mass is 9.94. The van der Waals surface area contributed by atoms with Crippen LogP contribution in [-0.4, -0.2) is 40.1 Å². The van der Waals surface area contributed by atoms with E-state index in [1.807, 2.05) is 20.8 Å². The molecule has 1 heterocycles. The predicted molar refractivity (Wildman–Crippen MR) is 69.3 cm³/mol. The molecule has 18 heavy (non-hydrogen) atoms. The number of carbonyl (C=O) groups excluding carboxylic acids is 1. The van der Waals surface area contributed by atoms with Crippen LogP contribution in [0.5, 0.6) is 0 Å². The molecule has 0 saturated carbocycles. The van der Waals surface area contributed by atoms with Crippen molar-refractivity contribution in [1.82, 2.24) is 10.2 Å². The summed E-state index contributed by atoms with van der Waals surface area (Å²) in [5.74, 6) is -0.0988. The molecular formula is C13H22N2O3. The van der Waals surface area contributed by atoms with Crippen molar-refractivity contribution in [3.8, 4) is 0 Å². The van der Waals surface area contributed by atoms with Crippen LogP contribution in [0.4, 0.5) is 4.79 Å².